The SMILES string of the molecule is c1ccc(-c2ccc(N(c3ccc(-c4cccc5oc6ccccc6c45)cc3)c3ccc(-c4cccc5oc6ccc7c8ccccc8sc7c6c45)cc3)cc2)cc1. The lowest BCUT2D eigenvalue weighted by Crippen LogP contribution is -2.09. The molecule has 0 saturated heterocycles. The van der Waals surface area contributed by atoms with Crippen LogP contribution in [0.25, 0.3) is 97.4 Å². The summed E-state index contributed by atoms with van der Waals surface area (Å²) >= 11 is 1.84. The predicted octanol–water partition coefficient (Wildman–Crippen LogP) is 16.3. The summed E-state index contributed by atoms with van der Waals surface area (Å²) in [5.41, 5.74) is 13.8. The molecule has 4 heteroatoms. The number of hydrogen-bond acceptors (Lipinski definition) is 4. The molecule has 0 amide bonds. The van der Waals surface area contributed by atoms with Gasteiger partial charge in [0, 0.05) is 58.8 Å². The molecular formula is C54H33NO2S. The zero-order valence-corrected chi connectivity index (χ0v) is 32.0. The van der Waals surface area contributed by atoms with Crippen molar-refractivity contribution >= 4 is 92.4 Å². The van der Waals surface area contributed by atoms with Gasteiger partial charge in [-0.2, -0.15) is 0 Å². The number of thiophene rings is 1. The highest BCUT2D eigenvalue weighted by Crippen LogP contribution is 2.46. The summed E-state index contributed by atoms with van der Waals surface area (Å²) in [6.07, 6.45) is 0. The molecule has 0 radical (unpaired) electrons. The van der Waals surface area contributed by atoms with Gasteiger partial charge in [-0.3, -0.25) is 0 Å². The molecule has 3 aromatic heterocycles. The summed E-state index contributed by atoms with van der Waals surface area (Å²) in [4.78, 5) is 2.34. The van der Waals surface area contributed by atoms with E-state index < -0.39 is 0 Å². The van der Waals surface area contributed by atoms with Crippen molar-refractivity contribution in [3.8, 4) is 33.4 Å². The van der Waals surface area contributed by atoms with Crippen LogP contribution in [0.15, 0.2) is 209 Å². The average Bonchev–Trinajstić information content (AvgIpc) is 3.99. The molecule has 0 bridgehead atoms. The standard InChI is InChI=1S/C54H33NO2S/c1-2-10-34(11-3-1)35-20-26-38(27-21-35)55(39-28-22-36(23-29-39)41-14-8-17-47-51(41)45-13-4-6-16-46(45)56-47)40-30-24-37(25-31-40)42-15-9-18-48-52(42)53-49(57-48)33-32-44-43-12-5-7-19-50(43)58-54(44)53/h1-33H. The highest BCUT2D eigenvalue weighted by molar-refractivity contribution is 7.26. The molecule has 0 aliphatic rings. The Morgan fingerprint density at radius 3 is 1.50 bits per heavy atom. The highest BCUT2D eigenvalue weighted by atomic mass is 32.1. The van der Waals surface area contributed by atoms with Gasteiger partial charge in [-0.25, -0.2) is 0 Å². The van der Waals surface area contributed by atoms with Gasteiger partial charge >= 0.3 is 0 Å². The van der Waals surface area contributed by atoms with Gasteiger partial charge in [0.1, 0.15) is 22.3 Å². The van der Waals surface area contributed by atoms with Crippen LogP contribution in [0.5, 0.6) is 0 Å². The van der Waals surface area contributed by atoms with Crippen molar-refractivity contribution in [3.05, 3.63) is 200 Å². The van der Waals surface area contributed by atoms with Crippen LogP contribution < -0.4 is 4.90 Å². The van der Waals surface area contributed by atoms with Crippen molar-refractivity contribution in [2.75, 3.05) is 4.90 Å². The second-order valence-corrected chi connectivity index (χ2v) is 15.9. The molecule has 58 heavy (non-hydrogen) atoms. The molecule has 3 heterocycles. The molecular weight excluding hydrogens is 727 g/mol. The van der Waals surface area contributed by atoms with Crippen molar-refractivity contribution in [2.24, 2.45) is 0 Å². The van der Waals surface area contributed by atoms with Gasteiger partial charge in [-0.15, -0.1) is 11.3 Å². The Balaban J connectivity index is 0.974. The number of benzene rings is 9. The molecule has 3 nitrogen and oxygen atoms in total. The van der Waals surface area contributed by atoms with Crippen LogP contribution in [0, 0.1) is 0 Å². The molecule has 9 aromatic carbocycles. The van der Waals surface area contributed by atoms with E-state index in [9.17, 15) is 0 Å². The molecule has 272 valence electrons. The zero-order chi connectivity index (χ0) is 38.2. The van der Waals surface area contributed by atoms with Crippen LogP contribution in [0.4, 0.5) is 17.1 Å². The first-order valence-corrected chi connectivity index (χ1v) is 20.4. The molecule has 0 N–H and O–H groups in total. The third kappa shape index (κ3) is 5.19. The number of furan rings is 2. The second kappa shape index (κ2) is 13.1. The molecule has 0 aliphatic carbocycles. The van der Waals surface area contributed by atoms with E-state index in [2.05, 4.69) is 193 Å². The first kappa shape index (κ1) is 32.8. The molecule has 0 unspecified atom stereocenters. The Labute approximate surface area is 338 Å². The summed E-state index contributed by atoms with van der Waals surface area (Å²) < 4.78 is 15.3. The van der Waals surface area contributed by atoms with Gasteiger partial charge in [0.2, 0.25) is 0 Å². The Bertz CT molecular complexity index is 3480. The fourth-order valence-electron chi connectivity index (χ4n) is 8.80. The second-order valence-electron chi connectivity index (χ2n) is 14.8. The lowest BCUT2D eigenvalue weighted by Gasteiger charge is -2.26. The Morgan fingerprint density at radius 2 is 0.810 bits per heavy atom. The quantitative estimate of drug-likeness (QED) is 0.169. The summed E-state index contributed by atoms with van der Waals surface area (Å²) in [7, 11) is 0. The smallest absolute Gasteiger partial charge is 0.136 e. The fourth-order valence-corrected chi connectivity index (χ4v) is 10.0. The van der Waals surface area contributed by atoms with Gasteiger partial charge in [-0.1, -0.05) is 127 Å². The van der Waals surface area contributed by atoms with E-state index in [4.69, 9.17) is 8.83 Å². The average molecular weight is 760 g/mol. The Hall–Kier alpha value is -7.40. The van der Waals surface area contributed by atoms with E-state index in [0.717, 1.165) is 77.8 Å². The fraction of sp³-hybridized carbons (Fsp3) is 0. The number of para-hydroxylation sites is 1. The minimum atomic E-state index is 0.898. The maximum Gasteiger partial charge on any atom is 0.136 e. The topological polar surface area (TPSA) is 29.5 Å². The monoisotopic (exact) mass is 759 g/mol. The third-order valence-electron chi connectivity index (χ3n) is 11.5. The third-order valence-corrected chi connectivity index (χ3v) is 12.7. The summed E-state index contributed by atoms with van der Waals surface area (Å²) in [5, 5.41) is 7.18. The Kier molecular flexibility index (Phi) is 7.40. The normalized spacial score (nSPS) is 11.8. The van der Waals surface area contributed by atoms with E-state index in [1.807, 2.05) is 23.5 Å². The van der Waals surface area contributed by atoms with Crippen LogP contribution in [0.2, 0.25) is 0 Å². The number of nitrogens with zero attached hydrogens (tertiary/aromatic N) is 1. The van der Waals surface area contributed by atoms with Crippen LogP contribution in [0.3, 0.4) is 0 Å². The van der Waals surface area contributed by atoms with Crippen LogP contribution in [-0.4, -0.2) is 0 Å². The molecule has 0 fully saturated rings. The van der Waals surface area contributed by atoms with Crippen LogP contribution in [-0.2, 0) is 0 Å². The number of fused-ring (bicyclic) bond motifs is 10. The van der Waals surface area contributed by atoms with Gasteiger partial charge in [0.15, 0.2) is 0 Å². The van der Waals surface area contributed by atoms with Crippen molar-refractivity contribution < 1.29 is 8.83 Å². The molecule has 0 saturated carbocycles. The van der Waals surface area contributed by atoms with E-state index in [0.29, 0.717) is 0 Å². The summed E-state index contributed by atoms with van der Waals surface area (Å²) in [6.45, 7) is 0. The van der Waals surface area contributed by atoms with Crippen LogP contribution >= 0.6 is 11.3 Å². The van der Waals surface area contributed by atoms with Gasteiger partial charge < -0.3 is 13.7 Å². The zero-order valence-electron chi connectivity index (χ0n) is 31.2. The molecule has 12 aromatic rings. The first-order valence-electron chi connectivity index (χ1n) is 19.6. The molecule has 0 aliphatic heterocycles. The van der Waals surface area contributed by atoms with Gasteiger partial charge in [0.05, 0.1) is 0 Å². The lowest BCUT2D eigenvalue weighted by atomic mass is 9.98. The summed E-state index contributed by atoms with van der Waals surface area (Å²) in [6, 6.07) is 71.3. The largest absolute Gasteiger partial charge is 0.456 e. The van der Waals surface area contributed by atoms with Crippen LogP contribution in [0.1, 0.15) is 0 Å². The van der Waals surface area contributed by atoms with Gasteiger partial charge in [-0.05, 0) is 106 Å². The predicted molar refractivity (Wildman–Crippen MR) is 245 cm³/mol. The van der Waals surface area contributed by atoms with E-state index >= 15 is 0 Å². The molecule has 12 rings (SSSR count). The van der Waals surface area contributed by atoms with E-state index in [1.165, 1.54) is 36.7 Å². The number of hydrogen-bond donors (Lipinski definition) is 0. The van der Waals surface area contributed by atoms with E-state index in [1.54, 1.807) is 0 Å². The van der Waals surface area contributed by atoms with Crippen molar-refractivity contribution in [1.29, 1.82) is 0 Å². The minimum absolute atomic E-state index is 0.898. The first-order chi connectivity index (χ1) is 28.7. The van der Waals surface area contributed by atoms with Crippen molar-refractivity contribution in [3.63, 3.8) is 0 Å². The maximum absolute atomic E-state index is 6.51. The molecule has 0 spiro atoms. The van der Waals surface area contributed by atoms with Crippen molar-refractivity contribution in [2.45, 2.75) is 0 Å². The molecule has 0 atom stereocenters. The number of rotatable bonds is 6. The Morgan fingerprint density at radius 1 is 0.310 bits per heavy atom. The summed E-state index contributed by atoms with van der Waals surface area (Å²) in [5.74, 6) is 0. The number of anilines is 3. The lowest BCUT2D eigenvalue weighted by molar-refractivity contribution is 0.668. The van der Waals surface area contributed by atoms with Crippen molar-refractivity contribution in [1.82, 2.24) is 0 Å². The maximum atomic E-state index is 6.51. The highest BCUT2D eigenvalue weighted by Gasteiger charge is 2.20. The van der Waals surface area contributed by atoms with E-state index in [-0.39, 0.29) is 0 Å². The minimum Gasteiger partial charge on any atom is -0.456 e. The van der Waals surface area contributed by atoms with Gasteiger partial charge in [0.25, 0.3) is 0 Å².